The third-order valence-corrected chi connectivity index (χ3v) is 1.65. The van der Waals surface area contributed by atoms with Crippen molar-refractivity contribution >= 4 is 0 Å². The van der Waals surface area contributed by atoms with Crippen LogP contribution in [0.4, 0.5) is 0 Å². The van der Waals surface area contributed by atoms with E-state index in [4.69, 9.17) is 0 Å². The third-order valence-electron chi connectivity index (χ3n) is 1.65. The molecule has 0 unspecified atom stereocenters. The van der Waals surface area contributed by atoms with Crippen molar-refractivity contribution in [1.82, 2.24) is 0 Å². The van der Waals surface area contributed by atoms with Crippen molar-refractivity contribution in [1.29, 1.82) is 0 Å². The Labute approximate surface area is 68.6 Å². The second-order valence-corrected chi connectivity index (χ2v) is 2.76. The largest absolute Gasteiger partial charge is 0.0877 e. The van der Waals surface area contributed by atoms with Gasteiger partial charge in [-0.05, 0) is 25.8 Å². The van der Waals surface area contributed by atoms with Gasteiger partial charge in [0.1, 0.15) is 0 Å². The highest BCUT2D eigenvalue weighted by molar-refractivity contribution is 5.36. The van der Waals surface area contributed by atoms with Crippen LogP contribution in [-0.4, -0.2) is 0 Å². The normalized spacial score (nSPS) is 21.3. The summed E-state index contributed by atoms with van der Waals surface area (Å²) in [6, 6.07) is 0. The molecule has 0 saturated heterocycles. The summed E-state index contributed by atoms with van der Waals surface area (Å²) in [6.07, 6.45) is 13.9. The Balaban J connectivity index is 2.70. The van der Waals surface area contributed by atoms with E-state index in [1.54, 1.807) is 0 Å². The molecule has 0 fully saturated rings. The van der Waals surface area contributed by atoms with E-state index in [9.17, 15) is 0 Å². The van der Waals surface area contributed by atoms with Crippen LogP contribution in [0.25, 0.3) is 0 Å². The highest BCUT2D eigenvalue weighted by Gasteiger charge is 1.94. The molecule has 0 saturated carbocycles. The number of rotatable bonds is 1. The summed E-state index contributed by atoms with van der Waals surface area (Å²) in [5, 5.41) is 0. The monoisotopic (exact) mass is 146 g/mol. The molecule has 0 nitrogen and oxygen atoms in total. The minimum Gasteiger partial charge on any atom is -0.0877 e. The molecule has 0 aromatic carbocycles. The van der Waals surface area contributed by atoms with Crippen molar-refractivity contribution in [2.75, 3.05) is 0 Å². The summed E-state index contributed by atoms with van der Waals surface area (Å²) in [5.74, 6) is 0. The maximum absolute atomic E-state index is 2.22. The Bertz CT molecular complexity index is 237. The lowest BCUT2D eigenvalue weighted by molar-refractivity contribution is 1.22. The van der Waals surface area contributed by atoms with Gasteiger partial charge in [0.15, 0.2) is 0 Å². The summed E-state index contributed by atoms with van der Waals surface area (Å²) >= 11 is 0. The summed E-state index contributed by atoms with van der Waals surface area (Å²) in [6.45, 7) is 4.16. The van der Waals surface area contributed by atoms with Gasteiger partial charge in [-0.3, -0.25) is 0 Å². The fourth-order valence-electron chi connectivity index (χ4n) is 1.12. The molecule has 0 aromatic rings. The van der Waals surface area contributed by atoms with Crippen molar-refractivity contribution < 1.29 is 0 Å². The molecule has 0 spiro atoms. The van der Waals surface area contributed by atoms with Crippen LogP contribution in [0.3, 0.4) is 0 Å². The van der Waals surface area contributed by atoms with Gasteiger partial charge in [-0.1, -0.05) is 42.0 Å². The van der Waals surface area contributed by atoms with Crippen molar-refractivity contribution in [3.05, 3.63) is 47.6 Å². The molecule has 0 N–H and O–H groups in total. The smallest absolute Gasteiger partial charge is 0.00941 e. The van der Waals surface area contributed by atoms with Gasteiger partial charge in [0, 0.05) is 0 Å². The molecule has 1 rings (SSSR count). The zero-order valence-electron chi connectivity index (χ0n) is 7.17. The van der Waals surface area contributed by atoms with Gasteiger partial charge in [0.2, 0.25) is 0 Å². The third kappa shape index (κ3) is 2.58. The van der Waals surface area contributed by atoms with E-state index in [0.717, 1.165) is 6.42 Å². The molecule has 11 heavy (non-hydrogen) atoms. The Hall–Kier alpha value is -1.04. The zero-order chi connectivity index (χ0) is 8.10. The van der Waals surface area contributed by atoms with Gasteiger partial charge in [-0.25, -0.2) is 0 Å². The van der Waals surface area contributed by atoms with Crippen LogP contribution in [0.2, 0.25) is 0 Å². The quantitative estimate of drug-likeness (QED) is 0.532. The van der Waals surface area contributed by atoms with Gasteiger partial charge in [0.25, 0.3) is 0 Å². The van der Waals surface area contributed by atoms with Crippen LogP contribution in [0.5, 0.6) is 0 Å². The lowest BCUT2D eigenvalue weighted by Crippen LogP contribution is -1.83. The van der Waals surface area contributed by atoms with Gasteiger partial charge in [0.05, 0.1) is 0 Å². The molecular formula is C11H14. The molecule has 0 amide bonds. The summed E-state index contributed by atoms with van der Waals surface area (Å²) in [7, 11) is 0. The highest BCUT2D eigenvalue weighted by Crippen LogP contribution is 2.14. The van der Waals surface area contributed by atoms with Crippen LogP contribution in [0, 0.1) is 0 Å². The number of allylic oxidation sites excluding steroid dienone is 8. The molecule has 0 radical (unpaired) electrons. The van der Waals surface area contributed by atoms with Crippen LogP contribution in [0.1, 0.15) is 20.3 Å². The first-order valence-corrected chi connectivity index (χ1v) is 3.99. The number of hydrogen-bond donors (Lipinski definition) is 0. The van der Waals surface area contributed by atoms with Crippen molar-refractivity contribution in [3.8, 4) is 0 Å². The minimum atomic E-state index is 1.07. The Morgan fingerprint density at radius 2 is 2.27 bits per heavy atom. The summed E-state index contributed by atoms with van der Waals surface area (Å²) in [5.41, 5.74) is 2.73. The van der Waals surface area contributed by atoms with Gasteiger partial charge < -0.3 is 0 Å². The van der Waals surface area contributed by atoms with E-state index in [1.807, 2.05) is 6.92 Å². The van der Waals surface area contributed by atoms with Crippen LogP contribution in [0.15, 0.2) is 47.6 Å². The highest BCUT2D eigenvalue weighted by atomic mass is 14.0. The van der Waals surface area contributed by atoms with E-state index in [-0.39, 0.29) is 0 Å². The summed E-state index contributed by atoms with van der Waals surface area (Å²) < 4.78 is 0. The molecular weight excluding hydrogens is 132 g/mol. The topological polar surface area (TPSA) is 0 Å². The van der Waals surface area contributed by atoms with Gasteiger partial charge in [-0.15, -0.1) is 0 Å². The van der Waals surface area contributed by atoms with Crippen LogP contribution >= 0.6 is 0 Å². The molecule has 58 valence electrons. The van der Waals surface area contributed by atoms with Gasteiger partial charge >= 0.3 is 0 Å². The lowest BCUT2D eigenvalue weighted by atomic mass is 10.0. The zero-order valence-corrected chi connectivity index (χ0v) is 7.17. The second kappa shape index (κ2) is 3.97. The molecule has 1 aliphatic rings. The molecule has 1 aliphatic carbocycles. The average Bonchev–Trinajstić information content (AvgIpc) is 2.01. The van der Waals surface area contributed by atoms with E-state index in [1.165, 1.54) is 11.1 Å². The SMILES string of the molecule is C/C=C\C=C1\C=C(C)C=CC1. The first kappa shape index (κ1) is 8.06. The Kier molecular flexibility index (Phi) is 2.91. The van der Waals surface area contributed by atoms with E-state index in [2.05, 4.69) is 43.4 Å². The molecule has 0 aliphatic heterocycles. The fourth-order valence-corrected chi connectivity index (χ4v) is 1.12. The van der Waals surface area contributed by atoms with Gasteiger partial charge in [-0.2, -0.15) is 0 Å². The van der Waals surface area contributed by atoms with Crippen LogP contribution < -0.4 is 0 Å². The summed E-state index contributed by atoms with van der Waals surface area (Å²) in [4.78, 5) is 0. The van der Waals surface area contributed by atoms with Crippen molar-refractivity contribution in [2.24, 2.45) is 0 Å². The molecule has 0 aromatic heterocycles. The molecule has 0 bridgehead atoms. The Morgan fingerprint density at radius 1 is 1.45 bits per heavy atom. The standard InChI is InChI=1S/C11H14/c1-3-4-7-11-8-5-6-10(2)9-11/h3-7,9H,8H2,1-2H3/b4-3-,11-7+. The van der Waals surface area contributed by atoms with E-state index >= 15 is 0 Å². The minimum absolute atomic E-state index is 1.07. The van der Waals surface area contributed by atoms with E-state index < -0.39 is 0 Å². The first-order chi connectivity index (χ1) is 5.33. The molecule has 0 heteroatoms. The Morgan fingerprint density at radius 3 is 2.91 bits per heavy atom. The maximum Gasteiger partial charge on any atom is -0.00941 e. The van der Waals surface area contributed by atoms with Crippen molar-refractivity contribution in [2.45, 2.75) is 20.3 Å². The fraction of sp³-hybridized carbons (Fsp3) is 0.273. The first-order valence-electron chi connectivity index (χ1n) is 3.99. The predicted molar refractivity (Wildman–Crippen MR) is 50.4 cm³/mol. The molecule has 0 atom stereocenters. The lowest BCUT2D eigenvalue weighted by Gasteiger charge is -2.03. The predicted octanol–water partition coefficient (Wildman–Crippen LogP) is 3.40. The molecule has 0 heterocycles. The number of hydrogen-bond acceptors (Lipinski definition) is 0. The maximum atomic E-state index is 2.22. The van der Waals surface area contributed by atoms with Crippen LogP contribution in [-0.2, 0) is 0 Å². The van der Waals surface area contributed by atoms with Crippen molar-refractivity contribution in [3.63, 3.8) is 0 Å². The van der Waals surface area contributed by atoms with E-state index in [0.29, 0.717) is 0 Å². The second-order valence-electron chi connectivity index (χ2n) is 2.76. The average molecular weight is 146 g/mol.